The second-order valence-corrected chi connectivity index (χ2v) is 4.85. The van der Waals surface area contributed by atoms with E-state index < -0.39 is 11.7 Å². The summed E-state index contributed by atoms with van der Waals surface area (Å²) in [5.41, 5.74) is -0.817. The standard InChI is InChI=1S/C11H21NO2/c13-10-5-1-2-6-11(10,14)9-12-7-3-4-8-12/h10,13-14H,1-9H2/t10-,11-/m0/s1. The number of β-amino-alcohol motifs (C(OH)–C–C–N with tert-alkyl or cyclic N) is 1. The number of hydrogen-bond acceptors (Lipinski definition) is 3. The van der Waals surface area contributed by atoms with Crippen LogP contribution in [0.2, 0.25) is 0 Å². The van der Waals surface area contributed by atoms with Gasteiger partial charge in [-0.25, -0.2) is 0 Å². The molecular weight excluding hydrogens is 178 g/mol. The van der Waals surface area contributed by atoms with E-state index in [-0.39, 0.29) is 0 Å². The molecule has 0 radical (unpaired) electrons. The van der Waals surface area contributed by atoms with Crippen LogP contribution in [0.3, 0.4) is 0 Å². The van der Waals surface area contributed by atoms with Gasteiger partial charge in [-0.1, -0.05) is 12.8 Å². The van der Waals surface area contributed by atoms with Crippen LogP contribution in [0.4, 0.5) is 0 Å². The zero-order valence-corrected chi connectivity index (χ0v) is 8.78. The normalized spacial score (nSPS) is 40.3. The van der Waals surface area contributed by atoms with Crippen LogP contribution in [-0.4, -0.2) is 46.5 Å². The molecule has 1 aliphatic heterocycles. The molecule has 2 atom stereocenters. The van der Waals surface area contributed by atoms with Crippen molar-refractivity contribution in [2.45, 2.75) is 50.2 Å². The third kappa shape index (κ3) is 2.10. The van der Waals surface area contributed by atoms with Crippen molar-refractivity contribution in [1.29, 1.82) is 0 Å². The molecule has 0 spiro atoms. The smallest absolute Gasteiger partial charge is 0.103 e. The van der Waals surface area contributed by atoms with Crippen molar-refractivity contribution >= 4 is 0 Å². The molecule has 2 fully saturated rings. The maximum atomic E-state index is 10.3. The molecule has 14 heavy (non-hydrogen) atoms. The Kier molecular flexibility index (Phi) is 3.10. The molecule has 3 heteroatoms. The first-order valence-corrected chi connectivity index (χ1v) is 5.83. The van der Waals surface area contributed by atoms with Gasteiger partial charge in [0.05, 0.1) is 6.10 Å². The molecule has 0 aromatic heterocycles. The summed E-state index contributed by atoms with van der Waals surface area (Å²) < 4.78 is 0. The third-order valence-electron chi connectivity index (χ3n) is 3.65. The highest BCUT2D eigenvalue weighted by molar-refractivity contribution is 4.93. The fraction of sp³-hybridized carbons (Fsp3) is 1.00. The first-order chi connectivity index (χ1) is 6.71. The summed E-state index contributed by atoms with van der Waals surface area (Å²) in [6.07, 6.45) is 5.63. The van der Waals surface area contributed by atoms with Crippen molar-refractivity contribution in [2.75, 3.05) is 19.6 Å². The zero-order chi connectivity index (χ0) is 10.0. The molecular formula is C11H21NO2. The van der Waals surface area contributed by atoms with Crippen molar-refractivity contribution in [3.05, 3.63) is 0 Å². The largest absolute Gasteiger partial charge is 0.390 e. The maximum absolute atomic E-state index is 10.3. The molecule has 0 aromatic carbocycles. The lowest BCUT2D eigenvalue weighted by Crippen LogP contribution is -2.52. The molecule has 2 N–H and O–H groups in total. The number of rotatable bonds is 2. The summed E-state index contributed by atoms with van der Waals surface area (Å²) in [6.45, 7) is 2.86. The van der Waals surface area contributed by atoms with Gasteiger partial charge >= 0.3 is 0 Å². The number of aliphatic hydroxyl groups is 2. The summed E-state index contributed by atoms with van der Waals surface area (Å²) in [5.74, 6) is 0. The van der Waals surface area contributed by atoms with E-state index in [0.29, 0.717) is 6.54 Å². The van der Waals surface area contributed by atoms with Crippen molar-refractivity contribution in [1.82, 2.24) is 4.90 Å². The van der Waals surface area contributed by atoms with Gasteiger partial charge in [-0.2, -0.15) is 0 Å². The van der Waals surface area contributed by atoms with Gasteiger partial charge < -0.3 is 15.1 Å². The van der Waals surface area contributed by atoms with Crippen LogP contribution < -0.4 is 0 Å². The third-order valence-corrected chi connectivity index (χ3v) is 3.65. The van der Waals surface area contributed by atoms with E-state index in [2.05, 4.69) is 4.90 Å². The van der Waals surface area contributed by atoms with E-state index in [1.807, 2.05) is 0 Å². The van der Waals surface area contributed by atoms with Gasteiger partial charge in [-0.15, -0.1) is 0 Å². The van der Waals surface area contributed by atoms with E-state index in [1.54, 1.807) is 0 Å². The van der Waals surface area contributed by atoms with Gasteiger partial charge in [0.25, 0.3) is 0 Å². The zero-order valence-electron chi connectivity index (χ0n) is 8.78. The molecule has 0 bridgehead atoms. The van der Waals surface area contributed by atoms with Crippen molar-refractivity contribution in [3.63, 3.8) is 0 Å². The van der Waals surface area contributed by atoms with Crippen LogP contribution in [0.25, 0.3) is 0 Å². The van der Waals surface area contributed by atoms with Crippen LogP contribution in [0.5, 0.6) is 0 Å². The molecule has 3 nitrogen and oxygen atoms in total. The molecule has 0 aromatic rings. The van der Waals surface area contributed by atoms with Gasteiger partial charge in [0.2, 0.25) is 0 Å². The monoisotopic (exact) mass is 199 g/mol. The Morgan fingerprint density at radius 2 is 1.86 bits per heavy atom. The summed E-state index contributed by atoms with van der Waals surface area (Å²) in [6, 6.07) is 0. The molecule has 1 saturated heterocycles. The Morgan fingerprint density at radius 1 is 1.14 bits per heavy atom. The van der Waals surface area contributed by atoms with E-state index in [1.165, 1.54) is 12.8 Å². The lowest BCUT2D eigenvalue weighted by molar-refractivity contribution is -0.112. The first kappa shape index (κ1) is 10.4. The number of hydrogen-bond donors (Lipinski definition) is 2. The summed E-state index contributed by atoms with van der Waals surface area (Å²) >= 11 is 0. The van der Waals surface area contributed by atoms with E-state index in [9.17, 15) is 10.2 Å². The van der Waals surface area contributed by atoms with Crippen molar-refractivity contribution < 1.29 is 10.2 Å². The highest BCUT2D eigenvalue weighted by Gasteiger charge is 2.39. The van der Waals surface area contributed by atoms with Crippen LogP contribution >= 0.6 is 0 Å². The van der Waals surface area contributed by atoms with Gasteiger partial charge in [-0.3, -0.25) is 0 Å². The van der Waals surface area contributed by atoms with E-state index in [0.717, 1.165) is 38.8 Å². The molecule has 1 aliphatic carbocycles. The highest BCUT2D eigenvalue weighted by Crippen LogP contribution is 2.30. The minimum Gasteiger partial charge on any atom is -0.390 e. The van der Waals surface area contributed by atoms with Gasteiger partial charge in [0, 0.05) is 6.54 Å². The minimum absolute atomic E-state index is 0.503. The lowest BCUT2D eigenvalue weighted by Gasteiger charge is -2.39. The molecule has 82 valence electrons. The summed E-state index contributed by atoms with van der Waals surface area (Å²) in [4.78, 5) is 2.29. The van der Waals surface area contributed by atoms with Crippen LogP contribution in [-0.2, 0) is 0 Å². The topological polar surface area (TPSA) is 43.7 Å². The number of aliphatic hydroxyl groups excluding tert-OH is 1. The minimum atomic E-state index is -0.817. The SMILES string of the molecule is O[C@H]1CCCC[C@]1(O)CN1CCCC1. The predicted molar refractivity (Wildman–Crippen MR) is 55.1 cm³/mol. The Bertz CT molecular complexity index is 192. The van der Waals surface area contributed by atoms with Gasteiger partial charge in [-0.05, 0) is 38.8 Å². The second kappa shape index (κ2) is 4.17. The fourth-order valence-electron chi connectivity index (χ4n) is 2.72. The van der Waals surface area contributed by atoms with Crippen LogP contribution in [0, 0.1) is 0 Å². The predicted octanol–water partition coefficient (Wildman–Crippen LogP) is 0.748. The fourth-order valence-corrected chi connectivity index (χ4v) is 2.72. The highest BCUT2D eigenvalue weighted by atomic mass is 16.3. The average molecular weight is 199 g/mol. The van der Waals surface area contributed by atoms with Crippen LogP contribution in [0.1, 0.15) is 38.5 Å². The Morgan fingerprint density at radius 3 is 2.50 bits per heavy atom. The van der Waals surface area contributed by atoms with Crippen LogP contribution in [0.15, 0.2) is 0 Å². The quantitative estimate of drug-likeness (QED) is 0.689. The summed E-state index contributed by atoms with van der Waals surface area (Å²) in [7, 11) is 0. The second-order valence-electron chi connectivity index (χ2n) is 4.85. The van der Waals surface area contributed by atoms with Crippen molar-refractivity contribution in [3.8, 4) is 0 Å². The Hall–Kier alpha value is -0.120. The van der Waals surface area contributed by atoms with Crippen molar-refractivity contribution in [2.24, 2.45) is 0 Å². The Labute approximate surface area is 85.7 Å². The lowest BCUT2D eigenvalue weighted by atomic mass is 9.82. The summed E-state index contributed by atoms with van der Waals surface area (Å²) in [5, 5.41) is 20.1. The molecule has 0 amide bonds. The van der Waals surface area contributed by atoms with Gasteiger partial charge in [0.15, 0.2) is 0 Å². The number of likely N-dealkylation sites (tertiary alicyclic amines) is 1. The number of nitrogens with zero attached hydrogens (tertiary/aromatic N) is 1. The Balaban J connectivity index is 1.92. The first-order valence-electron chi connectivity index (χ1n) is 5.83. The van der Waals surface area contributed by atoms with E-state index in [4.69, 9.17) is 0 Å². The molecule has 2 rings (SSSR count). The van der Waals surface area contributed by atoms with E-state index >= 15 is 0 Å². The molecule has 0 unspecified atom stereocenters. The van der Waals surface area contributed by atoms with Gasteiger partial charge in [0.1, 0.15) is 5.60 Å². The molecule has 1 saturated carbocycles. The molecule has 1 heterocycles. The average Bonchev–Trinajstić information content (AvgIpc) is 2.63. The molecule has 2 aliphatic rings. The maximum Gasteiger partial charge on any atom is 0.103 e.